The summed E-state index contributed by atoms with van der Waals surface area (Å²) in [5.74, 6) is 1.85. The second kappa shape index (κ2) is 7.74. The number of hydrogen-bond acceptors (Lipinski definition) is 6. The summed E-state index contributed by atoms with van der Waals surface area (Å²) in [6.07, 6.45) is 3.83. The Labute approximate surface area is 141 Å². The number of carbonyl (C=O) groups excluding carboxylic acids is 1. The molecular weight excluding hydrogens is 304 g/mol. The molecule has 0 radical (unpaired) electrons. The summed E-state index contributed by atoms with van der Waals surface area (Å²) < 4.78 is 0. The lowest BCUT2D eigenvalue weighted by atomic mass is 10.3. The zero-order valence-corrected chi connectivity index (χ0v) is 13.6. The minimum Gasteiger partial charge on any atom is -0.353 e. The van der Waals surface area contributed by atoms with Gasteiger partial charge in [-0.3, -0.25) is 4.79 Å². The van der Waals surface area contributed by atoms with E-state index < -0.39 is 0 Å². The fourth-order valence-corrected chi connectivity index (χ4v) is 2.71. The molecule has 7 heteroatoms. The Morgan fingerprint density at radius 3 is 2.29 bits per heavy atom. The maximum absolute atomic E-state index is 11.5. The van der Waals surface area contributed by atoms with Gasteiger partial charge in [-0.05, 0) is 24.3 Å². The molecule has 126 valence electrons. The normalized spacial score (nSPS) is 14.5. The Hall–Kier alpha value is -2.67. The molecule has 1 saturated heterocycles. The molecule has 0 spiro atoms. The highest BCUT2D eigenvalue weighted by atomic mass is 16.1. The van der Waals surface area contributed by atoms with Crippen LogP contribution in [0.25, 0.3) is 0 Å². The van der Waals surface area contributed by atoms with Gasteiger partial charge in [0.05, 0.1) is 11.9 Å². The zero-order valence-electron chi connectivity index (χ0n) is 13.6. The van der Waals surface area contributed by atoms with Gasteiger partial charge in [-0.1, -0.05) is 6.07 Å². The molecule has 0 aromatic carbocycles. The average Bonchev–Trinajstić information content (AvgIpc) is 2.63. The highest BCUT2D eigenvalue weighted by molar-refractivity contribution is 5.90. The highest BCUT2D eigenvalue weighted by Crippen LogP contribution is 2.18. The van der Waals surface area contributed by atoms with E-state index in [0.29, 0.717) is 18.7 Å². The molecule has 2 aromatic rings. The number of hydrogen-bond donors (Lipinski definition) is 2. The largest absolute Gasteiger partial charge is 0.353 e. The van der Waals surface area contributed by atoms with Crippen LogP contribution in [0.3, 0.4) is 0 Å². The van der Waals surface area contributed by atoms with Crippen LogP contribution in [0.1, 0.15) is 6.42 Å². The van der Waals surface area contributed by atoms with E-state index in [9.17, 15) is 4.79 Å². The topological polar surface area (TPSA) is 87.4 Å². The number of pyridine rings is 2. The van der Waals surface area contributed by atoms with Gasteiger partial charge in [-0.2, -0.15) is 0 Å². The summed E-state index contributed by atoms with van der Waals surface area (Å²) in [5, 5.41) is 2.79. The Morgan fingerprint density at radius 1 is 1.04 bits per heavy atom. The van der Waals surface area contributed by atoms with Gasteiger partial charge in [0.1, 0.15) is 11.6 Å². The summed E-state index contributed by atoms with van der Waals surface area (Å²) in [6.45, 7) is 3.95. The van der Waals surface area contributed by atoms with Gasteiger partial charge in [0.15, 0.2) is 0 Å². The molecule has 0 saturated carbocycles. The van der Waals surface area contributed by atoms with E-state index in [-0.39, 0.29) is 5.91 Å². The van der Waals surface area contributed by atoms with E-state index in [2.05, 4.69) is 25.1 Å². The number of amides is 1. The van der Waals surface area contributed by atoms with Gasteiger partial charge in [0, 0.05) is 45.3 Å². The van der Waals surface area contributed by atoms with Crippen molar-refractivity contribution in [2.75, 3.05) is 47.8 Å². The molecule has 1 fully saturated rings. The maximum Gasteiger partial charge on any atom is 0.225 e. The molecule has 3 rings (SSSR count). The predicted molar refractivity (Wildman–Crippen MR) is 95.2 cm³/mol. The summed E-state index contributed by atoms with van der Waals surface area (Å²) in [4.78, 5) is 24.9. The molecule has 24 heavy (non-hydrogen) atoms. The standard InChI is InChI=1S/C17H22N6O/c18-7-6-17(24)21-14-4-5-16(20-13-14)23-11-9-22(10-12-23)15-3-1-2-8-19-15/h1-5,8,13H,6-7,9-12,18H2,(H,21,24). The van der Waals surface area contributed by atoms with Crippen molar-refractivity contribution in [2.24, 2.45) is 5.73 Å². The van der Waals surface area contributed by atoms with Crippen LogP contribution in [0.5, 0.6) is 0 Å². The fraction of sp³-hybridized carbons (Fsp3) is 0.353. The zero-order chi connectivity index (χ0) is 16.8. The lowest BCUT2D eigenvalue weighted by Gasteiger charge is -2.36. The van der Waals surface area contributed by atoms with Crippen LogP contribution in [0.2, 0.25) is 0 Å². The van der Waals surface area contributed by atoms with E-state index in [4.69, 9.17) is 5.73 Å². The number of anilines is 3. The van der Waals surface area contributed by atoms with Crippen LogP contribution in [0.15, 0.2) is 42.7 Å². The Morgan fingerprint density at radius 2 is 1.75 bits per heavy atom. The van der Waals surface area contributed by atoms with Gasteiger partial charge in [-0.25, -0.2) is 9.97 Å². The summed E-state index contributed by atoms with van der Waals surface area (Å²) in [6, 6.07) is 9.79. The van der Waals surface area contributed by atoms with E-state index in [1.165, 1.54) is 0 Å². The Balaban J connectivity index is 1.55. The molecule has 3 N–H and O–H groups in total. The van der Waals surface area contributed by atoms with Crippen LogP contribution < -0.4 is 20.9 Å². The lowest BCUT2D eigenvalue weighted by Crippen LogP contribution is -2.47. The summed E-state index contributed by atoms with van der Waals surface area (Å²) >= 11 is 0. The average molecular weight is 326 g/mol. The predicted octanol–water partition coefficient (Wildman–Crippen LogP) is 1.09. The van der Waals surface area contributed by atoms with Crippen LogP contribution in [0.4, 0.5) is 17.3 Å². The summed E-state index contributed by atoms with van der Waals surface area (Å²) in [7, 11) is 0. The quantitative estimate of drug-likeness (QED) is 0.855. The number of nitrogens with zero attached hydrogens (tertiary/aromatic N) is 4. The third kappa shape index (κ3) is 3.99. The monoisotopic (exact) mass is 326 g/mol. The number of carbonyl (C=O) groups is 1. The van der Waals surface area contributed by atoms with Crippen molar-refractivity contribution in [3.05, 3.63) is 42.7 Å². The molecule has 3 heterocycles. The molecule has 7 nitrogen and oxygen atoms in total. The maximum atomic E-state index is 11.5. The van der Waals surface area contributed by atoms with Crippen molar-refractivity contribution in [1.29, 1.82) is 0 Å². The highest BCUT2D eigenvalue weighted by Gasteiger charge is 2.18. The molecule has 0 unspecified atom stereocenters. The van der Waals surface area contributed by atoms with E-state index in [1.54, 1.807) is 6.20 Å². The first kappa shape index (κ1) is 16.2. The second-order valence-corrected chi connectivity index (χ2v) is 5.65. The van der Waals surface area contributed by atoms with Gasteiger partial charge in [-0.15, -0.1) is 0 Å². The first-order valence-electron chi connectivity index (χ1n) is 8.13. The van der Waals surface area contributed by atoms with Gasteiger partial charge in [0.25, 0.3) is 0 Å². The van der Waals surface area contributed by atoms with Crippen molar-refractivity contribution in [3.63, 3.8) is 0 Å². The minimum atomic E-state index is -0.0870. The molecule has 0 bridgehead atoms. The lowest BCUT2D eigenvalue weighted by molar-refractivity contribution is -0.116. The molecule has 0 atom stereocenters. The molecule has 1 aliphatic heterocycles. The van der Waals surface area contributed by atoms with Crippen LogP contribution in [-0.4, -0.2) is 48.6 Å². The number of rotatable bonds is 5. The first-order chi connectivity index (χ1) is 11.8. The number of nitrogens with one attached hydrogen (secondary N) is 1. The fourth-order valence-electron chi connectivity index (χ4n) is 2.71. The molecule has 1 aliphatic rings. The number of nitrogens with two attached hydrogens (primary N) is 1. The van der Waals surface area contributed by atoms with Crippen molar-refractivity contribution in [3.8, 4) is 0 Å². The van der Waals surface area contributed by atoms with Crippen molar-refractivity contribution >= 4 is 23.2 Å². The van der Waals surface area contributed by atoms with Crippen LogP contribution in [0, 0.1) is 0 Å². The second-order valence-electron chi connectivity index (χ2n) is 5.65. The van der Waals surface area contributed by atoms with Gasteiger partial charge >= 0.3 is 0 Å². The Kier molecular flexibility index (Phi) is 5.22. The van der Waals surface area contributed by atoms with Crippen molar-refractivity contribution in [1.82, 2.24) is 9.97 Å². The van der Waals surface area contributed by atoms with E-state index >= 15 is 0 Å². The SMILES string of the molecule is NCCC(=O)Nc1ccc(N2CCN(c3ccccn3)CC2)nc1. The van der Waals surface area contributed by atoms with Crippen LogP contribution in [-0.2, 0) is 4.79 Å². The van der Waals surface area contributed by atoms with E-state index in [1.807, 2.05) is 36.5 Å². The van der Waals surface area contributed by atoms with Crippen molar-refractivity contribution < 1.29 is 4.79 Å². The number of aromatic nitrogens is 2. The molecule has 2 aromatic heterocycles. The van der Waals surface area contributed by atoms with Crippen LogP contribution >= 0.6 is 0 Å². The smallest absolute Gasteiger partial charge is 0.225 e. The third-order valence-electron chi connectivity index (χ3n) is 3.98. The van der Waals surface area contributed by atoms with Gasteiger partial charge < -0.3 is 20.9 Å². The molecular formula is C17H22N6O. The molecule has 1 amide bonds. The summed E-state index contributed by atoms with van der Waals surface area (Å²) in [5.41, 5.74) is 6.06. The first-order valence-corrected chi connectivity index (χ1v) is 8.13. The third-order valence-corrected chi connectivity index (χ3v) is 3.98. The Bertz CT molecular complexity index is 653. The van der Waals surface area contributed by atoms with E-state index in [0.717, 1.165) is 37.8 Å². The van der Waals surface area contributed by atoms with Gasteiger partial charge in [0.2, 0.25) is 5.91 Å². The number of piperazine rings is 1. The minimum absolute atomic E-state index is 0.0870. The molecule has 0 aliphatic carbocycles. The van der Waals surface area contributed by atoms with Crippen molar-refractivity contribution in [2.45, 2.75) is 6.42 Å².